The highest BCUT2D eigenvalue weighted by atomic mass is 16.5. The SMILES string of the molecule is CCOC(=O)C1CCC(O)(c2cccc(C)c2)C1. The first kappa shape index (κ1) is 13.1. The highest BCUT2D eigenvalue weighted by Gasteiger charge is 2.42. The number of ether oxygens (including phenoxy) is 1. The highest BCUT2D eigenvalue weighted by molar-refractivity contribution is 5.73. The van der Waals surface area contributed by atoms with E-state index < -0.39 is 5.60 Å². The molecule has 0 aromatic heterocycles. The van der Waals surface area contributed by atoms with Crippen LogP contribution in [0.2, 0.25) is 0 Å². The highest BCUT2D eigenvalue weighted by Crippen LogP contribution is 2.42. The normalized spacial score (nSPS) is 27.2. The van der Waals surface area contributed by atoms with Crippen molar-refractivity contribution in [3.8, 4) is 0 Å². The molecule has 2 unspecified atom stereocenters. The predicted molar refractivity (Wildman–Crippen MR) is 69.0 cm³/mol. The number of benzene rings is 1. The van der Waals surface area contributed by atoms with Crippen LogP contribution in [0, 0.1) is 12.8 Å². The maximum absolute atomic E-state index is 11.7. The lowest BCUT2D eigenvalue weighted by Crippen LogP contribution is -2.24. The summed E-state index contributed by atoms with van der Waals surface area (Å²) in [5.41, 5.74) is 1.17. The molecule has 98 valence electrons. The lowest BCUT2D eigenvalue weighted by molar-refractivity contribution is -0.148. The molecule has 1 aliphatic rings. The van der Waals surface area contributed by atoms with Crippen molar-refractivity contribution in [2.75, 3.05) is 6.61 Å². The largest absolute Gasteiger partial charge is 0.466 e. The molecule has 2 rings (SSSR count). The van der Waals surface area contributed by atoms with E-state index in [-0.39, 0.29) is 11.9 Å². The van der Waals surface area contributed by atoms with Gasteiger partial charge in [-0.15, -0.1) is 0 Å². The van der Waals surface area contributed by atoms with Crippen molar-refractivity contribution in [1.82, 2.24) is 0 Å². The molecule has 18 heavy (non-hydrogen) atoms. The molecule has 0 spiro atoms. The summed E-state index contributed by atoms with van der Waals surface area (Å²) in [7, 11) is 0. The molecular formula is C15H20O3. The van der Waals surface area contributed by atoms with Crippen LogP contribution in [0.5, 0.6) is 0 Å². The van der Waals surface area contributed by atoms with Crippen molar-refractivity contribution < 1.29 is 14.6 Å². The molecule has 1 aliphatic carbocycles. The molecule has 0 aliphatic heterocycles. The molecule has 1 aromatic rings. The Morgan fingerprint density at radius 2 is 2.33 bits per heavy atom. The molecule has 3 nitrogen and oxygen atoms in total. The number of rotatable bonds is 3. The van der Waals surface area contributed by atoms with E-state index in [0.29, 0.717) is 25.9 Å². The zero-order valence-corrected chi connectivity index (χ0v) is 11.0. The quantitative estimate of drug-likeness (QED) is 0.836. The molecular weight excluding hydrogens is 228 g/mol. The number of carbonyl (C=O) groups excluding carboxylic acids is 1. The number of hydrogen-bond acceptors (Lipinski definition) is 3. The molecule has 1 aromatic carbocycles. The van der Waals surface area contributed by atoms with E-state index in [9.17, 15) is 9.90 Å². The Morgan fingerprint density at radius 1 is 1.56 bits per heavy atom. The summed E-state index contributed by atoms with van der Waals surface area (Å²) in [5.74, 6) is -0.350. The van der Waals surface area contributed by atoms with E-state index in [1.807, 2.05) is 31.2 Å². The first-order chi connectivity index (χ1) is 8.55. The van der Waals surface area contributed by atoms with Crippen LogP contribution in [0.15, 0.2) is 24.3 Å². The third-order valence-corrected chi connectivity index (χ3v) is 3.67. The van der Waals surface area contributed by atoms with E-state index >= 15 is 0 Å². The Hall–Kier alpha value is -1.35. The fourth-order valence-corrected chi connectivity index (χ4v) is 2.68. The number of esters is 1. The van der Waals surface area contributed by atoms with Crippen molar-refractivity contribution in [2.45, 2.75) is 38.7 Å². The lowest BCUT2D eigenvalue weighted by atomic mass is 9.90. The molecule has 0 saturated heterocycles. The minimum absolute atomic E-state index is 0.171. The molecule has 1 saturated carbocycles. The van der Waals surface area contributed by atoms with E-state index in [4.69, 9.17) is 4.74 Å². The Kier molecular flexibility index (Phi) is 3.71. The monoisotopic (exact) mass is 248 g/mol. The second kappa shape index (κ2) is 5.11. The summed E-state index contributed by atoms with van der Waals surface area (Å²) >= 11 is 0. The van der Waals surface area contributed by atoms with Crippen molar-refractivity contribution in [2.24, 2.45) is 5.92 Å². The number of aliphatic hydroxyl groups is 1. The maximum atomic E-state index is 11.7. The van der Waals surface area contributed by atoms with Crippen molar-refractivity contribution in [3.05, 3.63) is 35.4 Å². The van der Waals surface area contributed by atoms with Crippen LogP contribution in [-0.2, 0) is 15.1 Å². The first-order valence-electron chi connectivity index (χ1n) is 6.51. The van der Waals surface area contributed by atoms with Gasteiger partial charge in [-0.1, -0.05) is 29.8 Å². The summed E-state index contributed by atoms with van der Waals surface area (Å²) in [4.78, 5) is 11.7. The summed E-state index contributed by atoms with van der Waals surface area (Å²) in [6, 6.07) is 7.87. The smallest absolute Gasteiger partial charge is 0.309 e. The molecule has 0 bridgehead atoms. The van der Waals surface area contributed by atoms with Gasteiger partial charge in [-0.05, 0) is 38.7 Å². The van der Waals surface area contributed by atoms with Crippen LogP contribution in [0.25, 0.3) is 0 Å². The van der Waals surface area contributed by atoms with Crippen LogP contribution in [0.3, 0.4) is 0 Å². The molecule has 0 amide bonds. The standard InChI is InChI=1S/C15H20O3/c1-3-18-14(16)12-7-8-15(17,10-12)13-6-4-5-11(2)9-13/h4-6,9,12,17H,3,7-8,10H2,1-2H3. The zero-order chi connectivity index (χ0) is 13.2. The fourth-order valence-electron chi connectivity index (χ4n) is 2.68. The molecule has 1 N–H and O–H groups in total. The molecule has 3 heteroatoms. The van der Waals surface area contributed by atoms with Crippen LogP contribution < -0.4 is 0 Å². The predicted octanol–water partition coefficient (Wildman–Crippen LogP) is 2.55. The third kappa shape index (κ3) is 2.56. The van der Waals surface area contributed by atoms with Gasteiger partial charge in [0.1, 0.15) is 0 Å². The van der Waals surface area contributed by atoms with Gasteiger partial charge in [-0.3, -0.25) is 4.79 Å². The summed E-state index contributed by atoms with van der Waals surface area (Å²) in [6.45, 7) is 4.21. The fraction of sp³-hybridized carbons (Fsp3) is 0.533. The molecule has 0 heterocycles. The number of aryl methyl sites for hydroxylation is 1. The van der Waals surface area contributed by atoms with Crippen LogP contribution in [0.4, 0.5) is 0 Å². The Morgan fingerprint density at radius 3 is 3.00 bits per heavy atom. The van der Waals surface area contributed by atoms with Gasteiger partial charge in [0.05, 0.1) is 18.1 Å². The van der Waals surface area contributed by atoms with E-state index in [0.717, 1.165) is 11.1 Å². The van der Waals surface area contributed by atoms with Gasteiger partial charge in [-0.25, -0.2) is 0 Å². The van der Waals surface area contributed by atoms with E-state index in [1.165, 1.54) is 0 Å². The molecule has 1 fully saturated rings. The summed E-state index contributed by atoms with van der Waals surface area (Å²) < 4.78 is 5.03. The van der Waals surface area contributed by atoms with E-state index in [2.05, 4.69) is 0 Å². The second-order valence-corrected chi connectivity index (χ2v) is 5.09. The summed E-state index contributed by atoms with van der Waals surface area (Å²) in [6.07, 6.45) is 1.79. The average Bonchev–Trinajstić information content (AvgIpc) is 2.74. The van der Waals surface area contributed by atoms with Gasteiger partial charge in [0.2, 0.25) is 0 Å². The Labute approximate surface area is 108 Å². The van der Waals surface area contributed by atoms with Crippen molar-refractivity contribution >= 4 is 5.97 Å². The van der Waals surface area contributed by atoms with Crippen molar-refractivity contribution in [1.29, 1.82) is 0 Å². The van der Waals surface area contributed by atoms with Crippen LogP contribution in [-0.4, -0.2) is 17.7 Å². The van der Waals surface area contributed by atoms with Gasteiger partial charge in [-0.2, -0.15) is 0 Å². The minimum Gasteiger partial charge on any atom is -0.466 e. The second-order valence-electron chi connectivity index (χ2n) is 5.09. The van der Waals surface area contributed by atoms with Gasteiger partial charge >= 0.3 is 5.97 Å². The average molecular weight is 248 g/mol. The number of hydrogen-bond donors (Lipinski definition) is 1. The summed E-state index contributed by atoms with van der Waals surface area (Å²) in [5, 5.41) is 10.7. The van der Waals surface area contributed by atoms with Gasteiger partial charge in [0, 0.05) is 0 Å². The van der Waals surface area contributed by atoms with Gasteiger partial charge in [0.15, 0.2) is 0 Å². The van der Waals surface area contributed by atoms with Crippen molar-refractivity contribution in [3.63, 3.8) is 0 Å². The zero-order valence-electron chi connectivity index (χ0n) is 11.0. The third-order valence-electron chi connectivity index (χ3n) is 3.67. The maximum Gasteiger partial charge on any atom is 0.309 e. The number of carbonyl (C=O) groups is 1. The Bertz CT molecular complexity index is 441. The minimum atomic E-state index is -0.872. The van der Waals surface area contributed by atoms with Crippen LogP contribution in [0.1, 0.15) is 37.3 Å². The van der Waals surface area contributed by atoms with Gasteiger partial charge in [0.25, 0.3) is 0 Å². The molecule has 2 atom stereocenters. The Balaban J connectivity index is 2.13. The van der Waals surface area contributed by atoms with Gasteiger partial charge < -0.3 is 9.84 Å². The topological polar surface area (TPSA) is 46.5 Å². The lowest BCUT2D eigenvalue weighted by Gasteiger charge is -2.23. The van der Waals surface area contributed by atoms with E-state index in [1.54, 1.807) is 6.92 Å². The molecule has 0 radical (unpaired) electrons. The van der Waals surface area contributed by atoms with Crippen LogP contribution >= 0.6 is 0 Å². The first-order valence-corrected chi connectivity index (χ1v) is 6.51.